The molecule has 3 heteroatoms. The van der Waals surface area contributed by atoms with Crippen LogP contribution in [-0.2, 0) is 16.1 Å². The van der Waals surface area contributed by atoms with Crippen molar-refractivity contribution in [2.75, 3.05) is 0 Å². The number of hydrogen-bond acceptors (Lipinski definition) is 3. The van der Waals surface area contributed by atoms with Gasteiger partial charge in [0.05, 0.1) is 0 Å². The van der Waals surface area contributed by atoms with E-state index in [0.717, 1.165) is 11.1 Å². The Labute approximate surface area is 111 Å². The molecule has 0 fully saturated rings. The van der Waals surface area contributed by atoms with Crippen LogP contribution in [0.5, 0.6) is 0 Å². The molecule has 0 N–H and O–H groups in total. The van der Waals surface area contributed by atoms with Gasteiger partial charge in [-0.2, -0.15) is 0 Å². The van der Waals surface area contributed by atoms with Crippen LogP contribution in [0.1, 0.15) is 21.5 Å². The minimum Gasteiger partial charge on any atom is -0.455 e. The molecular weight excluding hydrogens is 240 g/mol. The lowest BCUT2D eigenvalue weighted by Gasteiger charge is -2.04. The summed E-state index contributed by atoms with van der Waals surface area (Å²) in [6.07, 6.45) is 0. The summed E-state index contributed by atoms with van der Waals surface area (Å²) in [6, 6.07) is 16.1. The Morgan fingerprint density at radius 1 is 0.947 bits per heavy atom. The molecule has 2 aromatic rings. The molecule has 0 aliphatic heterocycles. The first-order chi connectivity index (χ1) is 9.16. The minimum atomic E-state index is -0.826. The van der Waals surface area contributed by atoms with Gasteiger partial charge in [-0.1, -0.05) is 60.2 Å². The maximum Gasteiger partial charge on any atom is 0.380 e. The van der Waals surface area contributed by atoms with Crippen LogP contribution < -0.4 is 0 Å². The van der Waals surface area contributed by atoms with Gasteiger partial charge >= 0.3 is 5.97 Å². The zero-order chi connectivity index (χ0) is 13.7. The predicted octanol–water partition coefficient (Wildman–Crippen LogP) is 2.92. The van der Waals surface area contributed by atoms with E-state index in [1.54, 1.807) is 24.3 Å². The van der Waals surface area contributed by atoms with Gasteiger partial charge in [0.1, 0.15) is 6.61 Å². The smallest absolute Gasteiger partial charge is 0.380 e. The number of esters is 1. The average molecular weight is 254 g/mol. The van der Waals surface area contributed by atoms with Gasteiger partial charge in [0.25, 0.3) is 5.78 Å². The normalized spacial score (nSPS) is 9.95. The van der Waals surface area contributed by atoms with Gasteiger partial charge in [0.15, 0.2) is 0 Å². The Morgan fingerprint density at radius 3 is 2.21 bits per heavy atom. The second kappa shape index (κ2) is 5.96. The molecule has 0 aliphatic carbocycles. The number of benzene rings is 2. The van der Waals surface area contributed by atoms with Crippen LogP contribution in [0.4, 0.5) is 0 Å². The Hall–Kier alpha value is -2.42. The number of ketones is 1. The first kappa shape index (κ1) is 13.0. The van der Waals surface area contributed by atoms with E-state index in [1.165, 1.54) is 0 Å². The third kappa shape index (κ3) is 3.52. The molecule has 0 saturated carbocycles. The zero-order valence-corrected chi connectivity index (χ0v) is 10.6. The summed E-state index contributed by atoms with van der Waals surface area (Å²) in [6.45, 7) is 2.03. The van der Waals surface area contributed by atoms with E-state index < -0.39 is 11.8 Å². The molecule has 0 saturated heterocycles. The van der Waals surface area contributed by atoms with E-state index in [2.05, 4.69) is 0 Å². The predicted molar refractivity (Wildman–Crippen MR) is 71.7 cm³/mol. The monoisotopic (exact) mass is 254 g/mol. The first-order valence-corrected chi connectivity index (χ1v) is 5.99. The quantitative estimate of drug-likeness (QED) is 0.478. The van der Waals surface area contributed by atoms with Crippen LogP contribution in [0.3, 0.4) is 0 Å². The number of aryl methyl sites for hydroxylation is 1. The second-order valence-corrected chi connectivity index (χ2v) is 4.26. The van der Waals surface area contributed by atoms with E-state index in [4.69, 9.17) is 4.74 Å². The molecule has 96 valence electrons. The summed E-state index contributed by atoms with van der Waals surface area (Å²) in [5.74, 6) is -1.44. The lowest BCUT2D eigenvalue weighted by molar-refractivity contribution is -0.139. The Balaban J connectivity index is 1.96. The van der Waals surface area contributed by atoms with Crippen LogP contribution in [0, 0.1) is 6.92 Å². The molecule has 2 aromatic carbocycles. The van der Waals surface area contributed by atoms with Crippen molar-refractivity contribution in [1.29, 1.82) is 0 Å². The van der Waals surface area contributed by atoms with Crippen LogP contribution >= 0.6 is 0 Å². The largest absolute Gasteiger partial charge is 0.455 e. The summed E-state index contributed by atoms with van der Waals surface area (Å²) in [4.78, 5) is 23.4. The Kier molecular flexibility index (Phi) is 4.08. The standard InChI is InChI=1S/C16H14O3/c1-12-7-9-14(10-8-12)15(17)16(18)19-11-13-5-3-2-4-6-13/h2-10H,11H2,1H3. The third-order valence-electron chi connectivity index (χ3n) is 2.71. The van der Waals surface area contributed by atoms with Crippen molar-refractivity contribution in [3.05, 3.63) is 71.3 Å². The maximum atomic E-state index is 11.8. The molecule has 19 heavy (non-hydrogen) atoms. The summed E-state index contributed by atoms with van der Waals surface area (Å²) in [5, 5.41) is 0. The van der Waals surface area contributed by atoms with Gasteiger partial charge in [-0.15, -0.1) is 0 Å². The molecule has 0 heterocycles. The van der Waals surface area contributed by atoms with Crippen molar-refractivity contribution < 1.29 is 14.3 Å². The number of Topliss-reactive ketones (excluding diaryl/α,β-unsaturated/α-hetero) is 1. The lowest BCUT2D eigenvalue weighted by atomic mass is 10.1. The van der Waals surface area contributed by atoms with Gasteiger partial charge in [0, 0.05) is 5.56 Å². The van der Waals surface area contributed by atoms with Crippen LogP contribution in [0.2, 0.25) is 0 Å². The summed E-state index contributed by atoms with van der Waals surface area (Å²) in [5.41, 5.74) is 2.24. The fourth-order valence-electron chi connectivity index (χ4n) is 1.61. The van der Waals surface area contributed by atoms with Crippen LogP contribution in [0.25, 0.3) is 0 Å². The molecular formula is C16H14O3. The van der Waals surface area contributed by atoms with Gasteiger partial charge in [-0.05, 0) is 12.5 Å². The van der Waals surface area contributed by atoms with E-state index in [0.29, 0.717) is 5.56 Å². The van der Waals surface area contributed by atoms with E-state index in [-0.39, 0.29) is 6.61 Å². The molecule has 0 amide bonds. The lowest BCUT2D eigenvalue weighted by Crippen LogP contribution is -2.17. The highest BCUT2D eigenvalue weighted by molar-refractivity contribution is 6.40. The van der Waals surface area contributed by atoms with E-state index in [1.807, 2.05) is 37.3 Å². The highest BCUT2D eigenvalue weighted by atomic mass is 16.5. The number of carbonyl (C=O) groups excluding carboxylic acids is 2. The molecule has 0 bridgehead atoms. The first-order valence-electron chi connectivity index (χ1n) is 5.99. The number of rotatable bonds is 4. The van der Waals surface area contributed by atoms with Gasteiger partial charge in [-0.25, -0.2) is 4.79 Å². The SMILES string of the molecule is Cc1ccc(C(=O)C(=O)OCc2ccccc2)cc1. The molecule has 0 aliphatic rings. The van der Waals surface area contributed by atoms with Crippen molar-refractivity contribution in [2.45, 2.75) is 13.5 Å². The highest BCUT2D eigenvalue weighted by Gasteiger charge is 2.17. The van der Waals surface area contributed by atoms with E-state index >= 15 is 0 Å². The van der Waals surface area contributed by atoms with Crippen LogP contribution in [-0.4, -0.2) is 11.8 Å². The molecule has 0 unspecified atom stereocenters. The zero-order valence-electron chi connectivity index (χ0n) is 10.6. The molecule has 0 aromatic heterocycles. The molecule has 2 rings (SSSR count). The third-order valence-corrected chi connectivity index (χ3v) is 2.71. The highest BCUT2D eigenvalue weighted by Crippen LogP contribution is 2.07. The second-order valence-electron chi connectivity index (χ2n) is 4.26. The van der Waals surface area contributed by atoms with Crippen molar-refractivity contribution >= 4 is 11.8 Å². The van der Waals surface area contributed by atoms with Crippen molar-refractivity contribution in [1.82, 2.24) is 0 Å². The molecule has 3 nitrogen and oxygen atoms in total. The van der Waals surface area contributed by atoms with Crippen molar-refractivity contribution in [3.8, 4) is 0 Å². The summed E-state index contributed by atoms with van der Waals surface area (Å²) < 4.78 is 4.99. The fourth-order valence-corrected chi connectivity index (χ4v) is 1.61. The minimum absolute atomic E-state index is 0.108. The van der Waals surface area contributed by atoms with Crippen LogP contribution in [0.15, 0.2) is 54.6 Å². The van der Waals surface area contributed by atoms with Gasteiger partial charge < -0.3 is 4.74 Å². The molecule has 0 spiro atoms. The number of ether oxygens (including phenoxy) is 1. The average Bonchev–Trinajstić information content (AvgIpc) is 2.46. The number of hydrogen-bond donors (Lipinski definition) is 0. The van der Waals surface area contributed by atoms with Crippen molar-refractivity contribution in [2.24, 2.45) is 0 Å². The van der Waals surface area contributed by atoms with Gasteiger partial charge in [0.2, 0.25) is 0 Å². The van der Waals surface area contributed by atoms with E-state index in [9.17, 15) is 9.59 Å². The summed E-state index contributed by atoms with van der Waals surface area (Å²) in [7, 11) is 0. The number of carbonyl (C=O) groups is 2. The Morgan fingerprint density at radius 2 is 1.58 bits per heavy atom. The van der Waals surface area contributed by atoms with Crippen molar-refractivity contribution in [3.63, 3.8) is 0 Å². The summed E-state index contributed by atoms with van der Waals surface area (Å²) >= 11 is 0. The fraction of sp³-hybridized carbons (Fsp3) is 0.125. The molecule has 0 atom stereocenters. The topological polar surface area (TPSA) is 43.4 Å². The Bertz CT molecular complexity index is 571. The van der Waals surface area contributed by atoms with Gasteiger partial charge in [-0.3, -0.25) is 4.79 Å². The maximum absolute atomic E-state index is 11.8. The molecule has 0 radical (unpaired) electrons.